The number of piperazine rings is 1. The first-order valence-corrected chi connectivity index (χ1v) is 9.88. The van der Waals surface area contributed by atoms with Gasteiger partial charge in [-0.05, 0) is 30.3 Å². The van der Waals surface area contributed by atoms with E-state index >= 15 is 0 Å². The molecule has 0 atom stereocenters. The number of hydrogen-bond acceptors (Lipinski definition) is 4. The van der Waals surface area contributed by atoms with E-state index in [1.807, 2.05) is 42.5 Å². The second kappa shape index (κ2) is 7.67. The number of fused-ring (bicyclic) bond motifs is 1. The minimum absolute atomic E-state index is 0.0235. The van der Waals surface area contributed by atoms with E-state index in [4.69, 9.17) is 0 Å². The van der Waals surface area contributed by atoms with E-state index in [9.17, 15) is 9.59 Å². The lowest BCUT2D eigenvalue weighted by atomic mass is 10.0. The maximum atomic E-state index is 13.0. The van der Waals surface area contributed by atoms with Gasteiger partial charge in [-0.3, -0.25) is 9.59 Å². The third-order valence-electron chi connectivity index (χ3n) is 4.99. The van der Waals surface area contributed by atoms with Gasteiger partial charge in [0, 0.05) is 54.1 Å². The Morgan fingerprint density at radius 2 is 1.71 bits per heavy atom. The van der Waals surface area contributed by atoms with Gasteiger partial charge in [-0.15, -0.1) is 0 Å². The summed E-state index contributed by atoms with van der Waals surface area (Å²) in [5.41, 5.74) is 3.14. The summed E-state index contributed by atoms with van der Waals surface area (Å²) in [5, 5.41) is 0.927. The molecule has 2 amide bonds. The fraction of sp³-hybridized carbons (Fsp3) is 0.238. The number of carbonyl (C=O) groups excluding carboxylic acids is 2. The molecular formula is C21H19BrN4O2. The van der Waals surface area contributed by atoms with Crippen molar-refractivity contribution in [3.63, 3.8) is 0 Å². The third kappa shape index (κ3) is 3.62. The van der Waals surface area contributed by atoms with Crippen LogP contribution in [0.3, 0.4) is 0 Å². The van der Waals surface area contributed by atoms with E-state index in [0.717, 1.165) is 26.6 Å². The van der Waals surface area contributed by atoms with Gasteiger partial charge in [-0.2, -0.15) is 0 Å². The molecule has 0 radical (unpaired) electrons. The molecule has 1 fully saturated rings. The van der Waals surface area contributed by atoms with Crippen LogP contribution in [0.15, 0.2) is 53.3 Å². The van der Waals surface area contributed by atoms with E-state index in [1.54, 1.807) is 23.1 Å². The Balaban J connectivity index is 1.63. The van der Waals surface area contributed by atoms with Crippen LogP contribution in [-0.4, -0.2) is 57.8 Å². The van der Waals surface area contributed by atoms with Crippen LogP contribution in [-0.2, 0) is 4.79 Å². The summed E-state index contributed by atoms with van der Waals surface area (Å²) in [5.74, 6) is 0.0282. The van der Waals surface area contributed by atoms with Gasteiger partial charge in [0.2, 0.25) is 5.91 Å². The first-order chi connectivity index (χ1) is 13.5. The highest BCUT2D eigenvalue weighted by atomic mass is 79.9. The molecule has 0 aliphatic carbocycles. The first-order valence-electron chi connectivity index (χ1n) is 9.08. The summed E-state index contributed by atoms with van der Waals surface area (Å²) in [6, 6.07) is 13.4. The standard InChI is InChI=1S/C21H19BrN4O2/c1-14(27)25-7-9-26(10-8-25)21(28)16-4-2-3-15(11-16)20-18-12-17(22)5-6-19(18)23-13-24-20/h2-6,11-13H,7-10H2,1H3. The van der Waals surface area contributed by atoms with E-state index in [0.29, 0.717) is 31.7 Å². The number of amides is 2. The number of carbonyl (C=O) groups is 2. The fourth-order valence-electron chi connectivity index (χ4n) is 3.47. The maximum absolute atomic E-state index is 13.0. The molecule has 3 aromatic rings. The number of benzene rings is 2. The summed E-state index contributed by atoms with van der Waals surface area (Å²) < 4.78 is 0.951. The van der Waals surface area contributed by atoms with E-state index in [2.05, 4.69) is 25.9 Å². The highest BCUT2D eigenvalue weighted by Crippen LogP contribution is 2.28. The minimum atomic E-state index is -0.0235. The van der Waals surface area contributed by atoms with Gasteiger partial charge < -0.3 is 9.80 Å². The van der Waals surface area contributed by atoms with Crippen molar-refractivity contribution in [3.05, 3.63) is 58.8 Å². The molecule has 2 heterocycles. The zero-order chi connectivity index (χ0) is 19.7. The van der Waals surface area contributed by atoms with Gasteiger partial charge in [-0.25, -0.2) is 9.97 Å². The largest absolute Gasteiger partial charge is 0.339 e. The lowest BCUT2D eigenvalue weighted by molar-refractivity contribution is -0.130. The lowest BCUT2D eigenvalue weighted by Crippen LogP contribution is -2.50. The summed E-state index contributed by atoms with van der Waals surface area (Å²) in [4.78, 5) is 36.8. The van der Waals surface area contributed by atoms with E-state index < -0.39 is 0 Å². The van der Waals surface area contributed by atoms with Crippen LogP contribution in [0, 0.1) is 0 Å². The van der Waals surface area contributed by atoms with Crippen molar-refractivity contribution < 1.29 is 9.59 Å². The van der Waals surface area contributed by atoms with Crippen molar-refractivity contribution in [2.75, 3.05) is 26.2 Å². The molecule has 2 aromatic carbocycles. The highest BCUT2D eigenvalue weighted by Gasteiger charge is 2.23. The van der Waals surface area contributed by atoms with Crippen LogP contribution >= 0.6 is 15.9 Å². The first kappa shape index (κ1) is 18.6. The Bertz CT molecular complexity index is 1060. The molecule has 0 bridgehead atoms. The molecular weight excluding hydrogens is 420 g/mol. The topological polar surface area (TPSA) is 66.4 Å². The number of aromatic nitrogens is 2. The Kier molecular flexibility index (Phi) is 5.09. The normalized spacial score (nSPS) is 14.4. The zero-order valence-electron chi connectivity index (χ0n) is 15.4. The van der Waals surface area contributed by atoms with Crippen LogP contribution in [0.5, 0.6) is 0 Å². The SMILES string of the molecule is CC(=O)N1CCN(C(=O)c2cccc(-c3ncnc4ccc(Br)cc34)c2)CC1. The molecule has 6 nitrogen and oxygen atoms in total. The Hall–Kier alpha value is -2.80. The molecule has 1 aromatic heterocycles. The van der Waals surface area contributed by atoms with Crippen LogP contribution in [0.4, 0.5) is 0 Å². The van der Waals surface area contributed by atoms with Gasteiger partial charge in [0.15, 0.2) is 0 Å². The maximum Gasteiger partial charge on any atom is 0.253 e. The van der Waals surface area contributed by atoms with Crippen LogP contribution < -0.4 is 0 Å². The minimum Gasteiger partial charge on any atom is -0.339 e. The number of rotatable bonds is 2. The van der Waals surface area contributed by atoms with Gasteiger partial charge in [0.05, 0.1) is 11.2 Å². The van der Waals surface area contributed by atoms with Gasteiger partial charge in [0.25, 0.3) is 5.91 Å². The molecule has 0 N–H and O–H groups in total. The highest BCUT2D eigenvalue weighted by molar-refractivity contribution is 9.10. The van der Waals surface area contributed by atoms with Crippen molar-refractivity contribution in [2.45, 2.75) is 6.92 Å². The predicted octanol–water partition coefficient (Wildman–Crippen LogP) is 3.36. The van der Waals surface area contributed by atoms with Crippen LogP contribution in [0.25, 0.3) is 22.2 Å². The molecule has 142 valence electrons. The molecule has 0 unspecified atom stereocenters. The van der Waals surface area contributed by atoms with Crippen molar-refractivity contribution in [1.82, 2.24) is 19.8 Å². The Labute approximate surface area is 171 Å². The van der Waals surface area contributed by atoms with Crippen LogP contribution in [0.1, 0.15) is 17.3 Å². The average Bonchev–Trinajstić information content (AvgIpc) is 2.73. The second-order valence-corrected chi connectivity index (χ2v) is 7.68. The number of nitrogens with zero attached hydrogens (tertiary/aromatic N) is 4. The molecule has 28 heavy (non-hydrogen) atoms. The van der Waals surface area contributed by atoms with Gasteiger partial charge >= 0.3 is 0 Å². The van der Waals surface area contributed by atoms with Crippen molar-refractivity contribution in [3.8, 4) is 11.3 Å². The Morgan fingerprint density at radius 1 is 0.964 bits per heavy atom. The van der Waals surface area contributed by atoms with Gasteiger partial charge in [0.1, 0.15) is 6.33 Å². The van der Waals surface area contributed by atoms with Crippen molar-refractivity contribution in [1.29, 1.82) is 0 Å². The fourth-order valence-corrected chi connectivity index (χ4v) is 3.83. The smallest absolute Gasteiger partial charge is 0.253 e. The summed E-state index contributed by atoms with van der Waals surface area (Å²) in [7, 11) is 0. The monoisotopic (exact) mass is 438 g/mol. The molecule has 0 saturated carbocycles. The quantitative estimate of drug-likeness (QED) is 0.614. The number of hydrogen-bond donors (Lipinski definition) is 0. The molecule has 7 heteroatoms. The molecule has 0 spiro atoms. The van der Waals surface area contributed by atoms with E-state index in [1.165, 1.54) is 0 Å². The van der Waals surface area contributed by atoms with Crippen molar-refractivity contribution >= 4 is 38.6 Å². The summed E-state index contributed by atoms with van der Waals surface area (Å²) >= 11 is 3.50. The second-order valence-electron chi connectivity index (χ2n) is 6.76. The van der Waals surface area contributed by atoms with Gasteiger partial charge in [-0.1, -0.05) is 28.1 Å². The molecule has 1 aliphatic rings. The van der Waals surface area contributed by atoms with E-state index in [-0.39, 0.29) is 11.8 Å². The summed E-state index contributed by atoms with van der Waals surface area (Å²) in [6.45, 7) is 3.81. The summed E-state index contributed by atoms with van der Waals surface area (Å²) in [6.07, 6.45) is 1.54. The third-order valence-corrected chi connectivity index (χ3v) is 5.49. The Morgan fingerprint density at radius 3 is 2.46 bits per heavy atom. The zero-order valence-corrected chi connectivity index (χ0v) is 17.0. The number of halogens is 1. The molecule has 4 rings (SSSR count). The lowest BCUT2D eigenvalue weighted by Gasteiger charge is -2.34. The average molecular weight is 439 g/mol. The van der Waals surface area contributed by atoms with Crippen molar-refractivity contribution in [2.24, 2.45) is 0 Å². The molecule has 1 saturated heterocycles. The predicted molar refractivity (Wildman–Crippen MR) is 111 cm³/mol. The molecule has 1 aliphatic heterocycles. The van der Waals surface area contributed by atoms with Crippen LogP contribution in [0.2, 0.25) is 0 Å².